The molecular weight excluding hydrogens is 276 g/mol. The van der Waals surface area contributed by atoms with Crippen molar-refractivity contribution in [2.24, 2.45) is 29.6 Å². The second-order valence-corrected chi connectivity index (χ2v) is 8.31. The van der Waals surface area contributed by atoms with Crippen molar-refractivity contribution in [2.45, 2.75) is 38.0 Å². The van der Waals surface area contributed by atoms with E-state index in [1.165, 1.54) is 36.8 Å². The van der Waals surface area contributed by atoms with Crippen LogP contribution < -0.4 is 0 Å². The van der Waals surface area contributed by atoms with Gasteiger partial charge in [0.1, 0.15) is 0 Å². The summed E-state index contributed by atoms with van der Waals surface area (Å²) in [6, 6.07) is 22.7. The summed E-state index contributed by atoms with van der Waals surface area (Å²) in [4.78, 5) is 0. The molecule has 4 aliphatic carbocycles. The molecule has 118 valence electrons. The van der Waals surface area contributed by atoms with Gasteiger partial charge < -0.3 is 0 Å². The van der Waals surface area contributed by atoms with Gasteiger partial charge in [0.15, 0.2) is 0 Å². The van der Waals surface area contributed by atoms with Crippen molar-refractivity contribution in [3.05, 3.63) is 71.8 Å². The number of hydrogen-bond acceptors (Lipinski definition) is 0. The van der Waals surface area contributed by atoms with Gasteiger partial charge in [-0.05, 0) is 72.8 Å². The first-order valence-corrected chi connectivity index (χ1v) is 9.48. The standard InChI is InChI=1S/C23H26/c1-3-7-18(8-4-1)22(19-9-5-2-6-10-19)23-20-12-16-11-17(14-20)15-21(23)13-16/h1-10,16-17,20-23H,11-15H2. The smallest absolute Gasteiger partial charge is 0.0123 e. The molecule has 0 aromatic heterocycles. The first-order chi connectivity index (χ1) is 11.4. The van der Waals surface area contributed by atoms with Gasteiger partial charge in [0.2, 0.25) is 0 Å². The van der Waals surface area contributed by atoms with Gasteiger partial charge in [-0.25, -0.2) is 0 Å². The van der Waals surface area contributed by atoms with E-state index >= 15 is 0 Å². The topological polar surface area (TPSA) is 0 Å². The van der Waals surface area contributed by atoms with E-state index in [-0.39, 0.29) is 0 Å². The van der Waals surface area contributed by atoms with E-state index in [1.807, 2.05) is 0 Å². The summed E-state index contributed by atoms with van der Waals surface area (Å²) in [5, 5.41) is 0. The quantitative estimate of drug-likeness (QED) is 0.663. The molecule has 6 rings (SSSR count). The molecule has 2 aromatic rings. The van der Waals surface area contributed by atoms with Crippen LogP contribution in [0.15, 0.2) is 60.7 Å². The lowest BCUT2D eigenvalue weighted by atomic mass is 9.48. The second kappa shape index (κ2) is 5.51. The molecule has 0 aliphatic heterocycles. The Morgan fingerprint density at radius 3 is 1.43 bits per heavy atom. The lowest BCUT2D eigenvalue weighted by molar-refractivity contribution is -0.0429. The molecule has 4 saturated carbocycles. The first-order valence-electron chi connectivity index (χ1n) is 9.48. The second-order valence-electron chi connectivity index (χ2n) is 8.31. The van der Waals surface area contributed by atoms with Crippen molar-refractivity contribution in [1.82, 2.24) is 0 Å². The minimum atomic E-state index is 0.604. The van der Waals surface area contributed by atoms with E-state index in [1.54, 1.807) is 6.42 Å². The molecule has 0 atom stereocenters. The highest BCUT2D eigenvalue weighted by molar-refractivity contribution is 5.34. The van der Waals surface area contributed by atoms with Gasteiger partial charge in [0.25, 0.3) is 0 Å². The summed E-state index contributed by atoms with van der Waals surface area (Å²) in [7, 11) is 0. The SMILES string of the molecule is c1ccc(C(c2ccccc2)C2C3CC4CC(C3)CC2C4)cc1. The molecule has 0 heterocycles. The van der Waals surface area contributed by atoms with Crippen molar-refractivity contribution in [2.75, 3.05) is 0 Å². The largest absolute Gasteiger partial charge is 0.0622 e. The van der Waals surface area contributed by atoms with Crippen LogP contribution in [0.4, 0.5) is 0 Å². The highest BCUT2D eigenvalue weighted by Gasteiger charge is 2.50. The number of rotatable bonds is 3. The normalized spacial score (nSPS) is 34.9. The van der Waals surface area contributed by atoms with E-state index in [2.05, 4.69) is 60.7 Å². The van der Waals surface area contributed by atoms with Crippen LogP contribution in [0, 0.1) is 29.6 Å². The summed E-state index contributed by atoms with van der Waals surface area (Å²) < 4.78 is 0. The fourth-order valence-corrected chi connectivity index (χ4v) is 6.47. The number of benzene rings is 2. The van der Waals surface area contributed by atoms with Crippen molar-refractivity contribution < 1.29 is 0 Å². The fraction of sp³-hybridized carbons (Fsp3) is 0.478. The Morgan fingerprint density at radius 1 is 0.565 bits per heavy atom. The molecule has 0 unspecified atom stereocenters. The average Bonchev–Trinajstić information content (AvgIpc) is 2.59. The molecule has 4 fully saturated rings. The van der Waals surface area contributed by atoms with Crippen LogP contribution in [0.1, 0.15) is 49.1 Å². The van der Waals surface area contributed by atoms with E-state index in [0.29, 0.717) is 5.92 Å². The van der Waals surface area contributed by atoms with Crippen molar-refractivity contribution in [3.8, 4) is 0 Å². The van der Waals surface area contributed by atoms with Crippen LogP contribution >= 0.6 is 0 Å². The summed E-state index contributed by atoms with van der Waals surface area (Å²) in [6.45, 7) is 0. The van der Waals surface area contributed by atoms with Gasteiger partial charge in [-0.1, -0.05) is 60.7 Å². The van der Waals surface area contributed by atoms with E-state index in [9.17, 15) is 0 Å². The van der Waals surface area contributed by atoms with Crippen LogP contribution in [-0.4, -0.2) is 0 Å². The summed E-state index contributed by atoms with van der Waals surface area (Å²) >= 11 is 0. The third-order valence-corrected chi connectivity index (χ3v) is 7.00. The van der Waals surface area contributed by atoms with Crippen molar-refractivity contribution >= 4 is 0 Å². The summed E-state index contributed by atoms with van der Waals surface area (Å²) in [5.74, 6) is 5.52. The van der Waals surface area contributed by atoms with Crippen LogP contribution in [0.2, 0.25) is 0 Å². The molecule has 0 N–H and O–H groups in total. The third-order valence-electron chi connectivity index (χ3n) is 7.00. The zero-order chi connectivity index (χ0) is 15.2. The molecule has 0 saturated heterocycles. The van der Waals surface area contributed by atoms with E-state index < -0.39 is 0 Å². The molecule has 0 heteroatoms. The molecule has 23 heavy (non-hydrogen) atoms. The zero-order valence-electron chi connectivity index (χ0n) is 13.8. The Morgan fingerprint density at radius 2 is 1.00 bits per heavy atom. The third kappa shape index (κ3) is 2.35. The Bertz CT molecular complexity index is 589. The van der Waals surface area contributed by atoms with Gasteiger partial charge in [-0.15, -0.1) is 0 Å². The average molecular weight is 302 g/mol. The Hall–Kier alpha value is -1.56. The Balaban J connectivity index is 1.58. The van der Waals surface area contributed by atoms with E-state index in [0.717, 1.165) is 29.6 Å². The Kier molecular flexibility index (Phi) is 3.32. The maximum absolute atomic E-state index is 2.36. The maximum Gasteiger partial charge on any atom is 0.0123 e. The van der Waals surface area contributed by atoms with E-state index in [4.69, 9.17) is 0 Å². The number of hydrogen-bond donors (Lipinski definition) is 0. The van der Waals surface area contributed by atoms with Gasteiger partial charge >= 0.3 is 0 Å². The van der Waals surface area contributed by atoms with Crippen LogP contribution in [-0.2, 0) is 0 Å². The van der Waals surface area contributed by atoms with Crippen molar-refractivity contribution in [3.63, 3.8) is 0 Å². The minimum Gasteiger partial charge on any atom is -0.0622 e. The summed E-state index contributed by atoms with van der Waals surface area (Å²) in [6.07, 6.45) is 7.57. The molecule has 0 nitrogen and oxygen atoms in total. The molecule has 4 bridgehead atoms. The monoisotopic (exact) mass is 302 g/mol. The molecule has 0 spiro atoms. The maximum atomic E-state index is 2.36. The molecule has 4 aliphatic rings. The highest BCUT2D eigenvalue weighted by atomic mass is 14.6. The van der Waals surface area contributed by atoms with Crippen LogP contribution in [0.25, 0.3) is 0 Å². The van der Waals surface area contributed by atoms with Gasteiger partial charge in [-0.2, -0.15) is 0 Å². The van der Waals surface area contributed by atoms with Gasteiger partial charge in [0.05, 0.1) is 0 Å². The van der Waals surface area contributed by atoms with Gasteiger partial charge in [-0.3, -0.25) is 0 Å². The van der Waals surface area contributed by atoms with Crippen LogP contribution in [0.3, 0.4) is 0 Å². The van der Waals surface area contributed by atoms with Crippen LogP contribution in [0.5, 0.6) is 0 Å². The predicted molar refractivity (Wildman–Crippen MR) is 95.3 cm³/mol. The molecule has 2 aromatic carbocycles. The predicted octanol–water partition coefficient (Wildman–Crippen LogP) is 5.89. The highest BCUT2D eigenvalue weighted by Crippen LogP contribution is 2.60. The van der Waals surface area contributed by atoms with Crippen molar-refractivity contribution in [1.29, 1.82) is 0 Å². The minimum absolute atomic E-state index is 0.604. The molecular formula is C23H26. The van der Waals surface area contributed by atoms with Gasteiger partial charge in [0, 0.05) is 5.92 Å². The first kappa shape index (κ1) is 13.8. The lowest BCUT2D eigenvalue weighted by Gasteiger charge is -2.56. The molecule has 0 amide bonds. The molecule has 0 radical (unpaired) electrons. The summed E-state index contributed by atoms with van der Waals surface area (Å²) in [5.41, 5.74) is 3.08. The fourth-order valence-electron chi connectivity index (χ4n) is 6.47. The lowest BCUT2D eigenvalue weighted by Crippen LogP contribution is -2.47. The Labute approximate surface area is 139 Å². The zero-order valence-corrected chi connectivity index (χ0v) is 13.8.